The SMILES string of the molecule is C=C1C=C([C@H](CCCCCCCCCCCCCCCCCCC)OC)C(=O)O1. The molecule has 1 heterocycles. The Morgan fingerprint density at radius 2 is 1.21 bits per heavy atom. The number of unbranched alkanes of at least 4 members (excludes halogenated alkanes) is 16. The Kier molecular flexibility index (Phi) is 15.9. The van der Waals surface area contributed by atoms with E-state index in [9.17, 15) is 4.79 Å². The average Bonchev–Trinajstić information content (AvgIpc) is 3.05. The summed E-state index contributed by atoms with van der Waals surface area (Å²) in [5.41, 5.74) is 0.619. The molecule has 168 valence electrons. The minimum absolute atomic E-state index is 0.155. The zero-order valence-corrected chi connectivity index (χ0v) is 19.3. The second-order valence-electron chi connectivity index (χ2n) is 8.63. The van der Waals surface area contributed by atoms with E-state index in [0.29, 0.717) is 11.3 Å². The Morgan fingerprint density at radius 1 is 0.793 bits per heavy atom. The first kappa shape index (κ1) is 25.9. The minimum atomic E-state index is -0.297. The lowest BCUT2D eigenvalue weighted by molar-refractivity contribution is -0.134. The maximum atomic E-state index is 11.7. The van der Waals surface area contributed by atoms with E-state index in [-0.39, 0.29) is 12.1 Å². The zero-order valence-electron chi connectivity index (χ0n) is 19.3. The highest BCUT2D eigenvalue weighted by atomic mass is 16.5. The van der Waals surface area contributed by atoms with E-state index in [1.165, 1.54) is 103 Å². The second kappa shape index (κ2) is 17.7. The number of carbonyl (C=O) groups is 1. The molecule has 0 unspecified atom stereocenters. The molecule has 1 rings (SSSR count). The summed E-state index contributed by atoms with van der Waals surface area (Å²) in [5.74, 6) is 0.128. The molecular formula is C26H46O3. The van der Waals surface area contributed by atoms with Gasteiger partial charge in [0.15, 0.2) is 0 Å². The lowest BCUT2D eigenvalue weighted by Gasteiger charge is -2.14. The molecule has 0 radical (unpaired) electrons. The number of carbonyl (C=O) groups excluding carboxylic acids is 1. The van der Waals surface area contributed by atoms with E-state index >= 15 is 0 Å². The standard InChI is InChI=1S/C26H46O3/c1-4-5-6-7-8-9-10-11-12-13-14-15-16-17-18-19-20-21-25(28-3)24-22-23(2)29-26(24)27/h22,25H,2,4-21H2,1,3H3/t25-/m0/s1. The molecule has 0 aromatic rings. The zero-order chi connectivity index (χ0) is 21.2. The Bertz CT molecular complexity index is 467. The topological polar surface area (TPSA) is 35.5 Å². The molecular weight excluding hydrogens is 360 g/mol. The lowest BCUT2D eigenvalue weighted by Crippen LogP contribution is -2.18. The Balaban J connectivity index is 1.84. The maximum absolute atomic E-state index is 11.7. The highest BCUT2D eigenvalue weighted by Gasteiger charge is 2.27. The van der Waals surface area contributed by atoms with Gasteiger partial charge in [-0.1, -0.05) is 123 Å². The van der Waals surface area contributed by atoms with Crippen LogP contribution in [0.15, 0.2) is 24.0 Å². The molecule has 0 spiro atoms. The number of esters is 1. The molecule has 0 fully saturated rings. The minimum Gasteiger partial charge on any atom is -0.424 e. The molecule has 0 aliphatic carbocycles. The third-order valence-corrected chi connectivity index (χ3v) is 5.98. The van der Waals surface area contributed by atoms with Gasteiger partial charge < -0.3 is 9.47 Å². The van der Waals surface area contributed by atoms with Crippen LogP contribution in [-0.2, 0) is 14.3 Å². The van der Waals surface area contributed by atoms with Crippen LogP contribution in [0.4, 0.5) is 0 Å². The molecule has 3 nitrogen and oxygen atoms in total. The average molecular weight is 407 g/mol. The van der Waals surface area contributed by atoms with Gasteiger partial charge in [-0.3, -0.25) is 0 Å². The summed E-state index contributed by atoms with van der Waals surface area (Å²) in [6.45, 7) is 5.96. The van der Waals surface area contributed by atoms with Gasteiger partial charge in [0.2, 0.25) is 0 Å². The molecule has 0 aromatic heterocycles. The van der Waals surface area contributed by atoms with Crippen LogP contribution in [0.25, 0.3) is 0 Å². The summed E-state index contributed by atoms with van der Waals surface area (Å²) in [6, 6.07) is 0. The second-order valence-corrected chi connectivity index (χ2v) is 8.63. The van der Waals surface area contributed by atoms with Gasteiger partial charge in [0, 0.05) is 7.11 Å². The third-order valence-electron chi connectivity index (χ3n) is 5.98. The fourth-order valence-corrected chi connectivity index (χ4v) is 4.12. The third kappa shape index (κ3) is 12.9. The molecule has 0 aromatic carbocycles. The number of hydrogen-bond acceptors (Lipinski definition) is 3. The van der Waals surface area contributed by atoms with Crippen LogP contribution < -0.4 is 0 Å². The summed E-state index contributed by atoms with van der Waals surface area (Å²) in [4.78, 5) is 11.7. The number of cyclic esters (lactones) is 1. The van der Waals surface area contributed by atoms with E-state index in [0.717, 1.165) is 12.8 Å². The van der Waals surface area contributed by atoms with Gasteiger partial charge in [-0.25, -0.2) is 4.79 Å². The largest absolute Gasteiger partial charge is 0.424 e. The molecule has 1 aliphatic heterocycles. The van der Waals surface area contributed by atoms with Crippen LogP contribution in [0.3, 0.4) is 0 Å². The molecule has 0 saturated heterocycles. The summed E-state index contributed by atoms with van der Waals surface area (Å²) in [7, 11) is 1.66. The summed E-state index contributed by atoms with van der Waals surface area (Å²) in [6.07, 6.45) is 25.8. The number of ether oxygens (including phenoxy) is 2. The van der Waals surface area contributed by atoms with Gasteiger partial charge in [0.05, 0.1) is 11.7 Å². The van der Waals surface area contributed by atoms with Crippen LogP contribution >= 0.6 is 0 Å². The van der Waals surface area contributed by atoms with Gasteiger partial charge >= 0.3 is 5.97 Å². The van der Waals surface area contributed by atoms with Crippen LogP contribution in [-0.4, -0.2) is 19.2 Å². The van der Waals surface area contributed by atoms with Gasteiger partial charge in [-0.2, -0.15) is 0 Å². The van der Waals surface area contributed by atoms with Crippen molar-refractivity contribution in [1.29, 1.82) is 0 Å². The van der Waals surface area contributed by atoms with Crippen LogP contribution in [0.5, 0.6) is 0 Å². The highest BCUT2D eigenvalue weighted by Crippen LogP contribution is 2.24. The van der Waals surface area contributed by atoms with Crippen LogP contribution in [0.2, 0.25) is 0 Å². The molecule has 0 amide bonds. The van der Waals surface area contributed by atoms with E-state index in [2.05, 4.69) is 13.5 Å². The highest BCUT2D eigenvalue weighted by molar-refractivity contribution is 5.93. The van der Waals surface area contributed by atoms with Crippen molar-refractivity contribution in [3.63, 3.8) is 0 Å². The van der Waals surface area contributed by atoms with Crippen molar-refractivity contribution in [2.24, 2.45) is 0 Å². The maximum Gasteiger partial charge on any atom is 0.342 e. The smallest absolute Gasteiger partial charge is 0.342 e. The molecule has 0 N–H and O–H groups in total. The van der Waals surface area contributed by atoms with Crippen molar-refractivity contribution in [3.05, 3.63) is 24.0 Å². The number of rotatable bonds is 20. The van der Waals surface area contributed by atoms with E-state index in [1.54, 1.807) is 13.2 Å². The fraction of sp³-hybridized carbons (Fsp3) is 0.808. The van der Waals surface area contributed by atoms with Crippen molar-refractivity contribution in [2.45, 2.75) is 129 Å². The molecule has 0 bridgehead atoms. The summed E-state index contributed by atoms with van der Waals surface area (Å²) in [5, 5.41) is 0. The number of methoxy groups -OCH3 is 1. The van der Waals surface area contributed by atoms with Crippen molar-refractivity contribution in [1.82, 2.24) is 0 Å². The Morgan fingerprint density at radius 3 is 1.55 bits per heavy atom. The normalized spacial score (nSPS) is 14.9. The van der Waals surface area contributed by atoms with E-state index < -0.39 is 0 Å². The van der Waals surface area contributed by atoms with Gasteiger partial charge in [-0.05, 0) is 12.5 Å². The van der Waals surface area contributed by atoms with Gasteiger partial charge in [-0.15, -0.1) is 0 Å². The lowest BCUT2D eigenvalue weighted by atomic mass is 10.0. The molecule has 0 saturated carbocycles. The summed E-state index contributed by atoms with van der Waals surface area (Å²) < 4.78 is 10.5. The summed E-state index contributed by atoms with van der Waals surface area (Å²) >= 11 is 0. The van der Waals surface area contributed by atoms with Gasteiger partial charge in [0.25, 0.3) is 0 Å². The monoisotopic (exact) mass is 406 g/mol. The van der Waals surface area contributed by atoms with Crippen molar-refractivity contribution >= 4 is 5.97 Å². The predicted octanol–water partition coefficient (Wildman–Crippen LogP) is 8.04. The number of allylic oxidation sites excluding steroid dienone is 1. The first-order chi connectivity index (χ1) is 14.2. The fourth-order valence-electron chi connectivity index (χ4n) is 4.12. The Hall–Kier alpha value is -1.09. The molecule has 3 heteroatoms. The molecule has 1 atom stereocenters. The van der Waals surface area contributed by atoms with Gasteiger partial charge in [0.1, 0.15) is 5.76 Å². The Labute approximate surface area is 180 Å². The molecule has 1 aliphatic rings. The van der Waals surface area contributed by atoms with Crippen molar-refractivity contribution < 1.29 is 14.3 Å². The van der Waals surface area contributed by atoms with Crippen LogP contribution in [0.1, 0.15) is 122 Å². The van der Waals surface area contributed by atoms with E-state index in [1.807, 2.05) is 0 Å². The van der Waals surface area contributed by atoms with Crippen molar-refractivity contribution in [3.8, 4) is 0 Å². The quantitative estimate of drug-likeness (QED) is 0.151. The van der Waals surface area contributed by atoms with E-state index in [4.69, 9.17) is 9.47 Å². The predicted molar refractivity (Wildman–Crippen MR) is 123 cm³/mol. The molecule has 29 heavy (non-hydrogen) atoms. The number of hydrogen-bond donors (Lipinski definition) is 0. The van der Waals surface area contributed by atoms with Crippen LogP contribution in [0, 0.1) is 0 Å². The first-order valence-corrected chi connectivity index (χ1v) is 12.3. The first-order valence-electron chi connectivity index (χ1n) is 12.3. The van der Waals surface area contributed by atoms with Crippen molar-refractivity contribution in [2.75, 3.05) is 7.11 Å².